The lowest BCUT2D eigenvalue weighted by molar-refractivity contribution is 0.413. The Morgan fingerprint density at radius 1 is 1.31 bits per heavy atom. The van der Waals surface area contributed by atoms with Gasteiger partial charge in [0.15, 0.2) is 0 Å². The molecule has 1 heterocycles. The molecule has 1 aromatic heterocycles. The predicted molar refractivity (Wildman–Crippen MR) is 71.0 cm³/mol. The monoisotopic (exact) mass is 241 g/mol. The van der Waals surface area contributed by atoms with Gasteiger partial charge in [0.2, 0.25) is 0 Å². The third kappa shape index (κ3) is 3.54. The second-order valence-electron chi connectivity index (χ2n) is 5.39. The molecule has 0 atom stereocenters. The van der Waals surface area contributed by atoms with E-state index in [9.17, 15) is 0 Å². The van der Waals surface area contributed by atoms with E-state index in [1.807, 2.05) is 0 Å². The van der Waals surface area contributed by atoms with Crippen molar-refractivity contribution in [3.63, 3.8) is 0 Å². The van der Waals surface area contributed by atoms with Gasteiger partial charge in [0.1, 0.15) is 0 Å². The first-order valence-corrected chi connectivity index (χ1v) is 6.50. The van der Waals surface area contributed by atoms with Crippen molar-refractivity contribution in [2.75, 3.05) is 20.6 Å². The van der Waals surface area contributed by atoms with E-state index in [-0.39, 0.29) is 5.41 Å². The zero-order valence-electron chi connectivity index (χ0n) is 11.0. The molecule has 0 amide bonds. The Labute approximate surface area is 103 Å². The van der Waals surface area contributed by atoms with Gasteiger partial charge in [-0.05, 0) is 14.1 Å². The molecule has 16 heavy (non-hydrogen) atoms. The number of nitrogens with zero attached hydrogens (tertiary/aromatic N) is 2. The van der Waals surface area contributed by atoms with E-state index in [4.69, 9.17) is 10.7 Å². The lowest BCUT2D eigenvalue weighted by atomic mass is 9.91. The SMILES string of the molecule is CN(C)CCc1nc(C(C)(C)C)c(CN)s1. The van der Waals surface area contributed by atoms with Crippen molar-refractivity contribution in [3.8, 4) is 0 Å². The summed E-state index contributed by atoms with van der Waals surface area (Å²) in [6.45, 7) is 8.22. The number of rotatable bonds is 4. The second kappa shape index (κ2) is 5.25. The van der Waals surface area contributed by atoms with Crippen LogP contribution >= 0.6 is 11.3 Å². The van der Waals surface area contributed by atoms with E-state index in [2.05, 4.69) is 39.8 Å². The Morgan fingerprint density at radius 2 is 1.94 bits per heavy atom. The van der Waals surface area contributed by atoms with E-state index < -0.39 is 0 Å². The maximum atomic E-state index is 5.78. The minimum atomic E-state index is 0.0988. The summed E-state index contributed by atoms with van der Waals surface area (Å²) in [4.78, 5) is 8.15. The summed E-state index contributed by atoms with van der Waals surface area (Å²) in [7, 11) is 4.17. The highest BCUT2D eigenvalue weighted by atomic mass is 32.1. The molecular weight excluding hydrogens is 218 g/mol. The van der Waals surface area contributed by atoms with Crippen LogP contribution in [0.15, 0.2) is 0 Å². The Kier molecular flexibility index (Phi) is 4.47. The van der Waals surface area contributed by atoms with Crippen molar-refractivity contribution in [1.29, 1.82) is 0 Å². The van der Waals surface area contributed by atoms with E-state index in [0.717, 1.165) is 13.0 Å². The van der Waals surface area contributed by atoms with Gasteiger partial charge in [0, 0.05) is 29.8 Å². The van der Waals surface area contributed by atoms with Crippen LogP contribution in [0.4, 0.5) is 0 Å². The van der Waals surface area contributed by atoms with Crippen LogP contribution in [0.3, 0.4) is 0 Å². The van der Waals surface area contributed by atoms with Gasteiger partial charge in [0.25, 0.3) is 0 Å². The minimum absolute atomic E-state index is 0.0988. The van der Waals surface area contributed by atoms with E-state index in [0.29, 0.717) is 6.54 Å². The van der Waals surface area contributed by atoms with Crippen LogP contribution < -0.4 is 5.73 Å². The van der Waals surface area contributed by atoms with Crippen molar-refractivity contribution < 1.29 is 0 Å². The molecule has 0 unspecified atom stereocenters. The highest BCUT2D eigenvalue weighted by Crippen LogP contribution is 2.29. The maximum absolute atomic E-state index is 5.78. The van der Waals surface area contributed by atoms with Crippen molar-refractivity contribution in [1.82, 2.24) is 9.88 Å². The summed E-state index contributed by atoms with van der Waals surface area (Å²) in [5.74, 6) is 0. The molecule has 0 aliphatic heterocycles. The second-order valence-corrected chi connectivity index (χ2v) is 6.55. The number of hydrogen-bond acceptors (Lipinski definition) is 4. The van der Waals surface area contributed by atoms with Crippen LogP contribution in [0.1, 0.15) is 36.3 Å². The van der Waals surface area contributed by atoms with Gasteiger partial charge in [0.05, 0.1) is 10.7 Å². The predicted octanol–water partition coefficient (Wildman–Crippen LogP) is 2.00. The van der Waals surface area contributed by atoms with E-state index in [1.165, 1.54) is 15.6 Å². The molecule has 0 radical (unpaired) electrons. The average Bonchev–Trinajstić information content (AvgIpc) is 2.57. The number of hydrogen-bond donors (Lipinski definition) is 1. The Hall–Kier alpha value is -0.450. The van der Waals surface area contributed by atoms with E-state index in [1.54, 1.807) is 11.3 Å². The summed E-state index contributed by atoms with van der Waals surface area (Å²) < 4.78 is 0. The van der Waals surface area contributed by atoms with Crippen LogP contribution in [0.5, 0.6) is 0 Å². The molecule has 1 rings (SSSR count). The van der Waals surface area contributed by atoms with Crippen LogP contribution in [0, 0.1) is 0 Å². The third-order valence-electron chi connectivity index (χ3n) is 2.41. The molecule has 0 fully saturated rings. The molecule has 0 aliphatic rings. The fourth-order valence-corrected chi connectivity index (χ4v) is 2.70. The smallest absolute Gasteiger partial charge is 0.0944 e. The van der Waals surface area contributed by atoms with Crippen molar-refractivity contribution in [2.45, 2.75) is 39.2 Å². The normalized spacial score (nSPS) is 12.4. The van der Waals surface area contributed by atoms with Crippen LogP contribution in [0.2, 0.25) is 0 Å². The van der Waals surface area contributed by atoms with Gasteiger partial charge in [-0.25, -0.2) is 4.98 Å². The first kappa shape index (κ1) is 13.6. The minimum Gasteiger partial charge on any atom is -0.326 e. The fourth-order valence-electron chi connectivity index (χ4n) is 1.55. The average molecular weight is 241 g/mol. The molecule has 3 nitrogen and oxygen atoms in total. The topological polar surface area (TPSA) is 42.2 Å². The number of thiazole rings is 1. The summed E-state index contributed by atoms with van der Waals surface area (Å²) in [6, 6.07) is 0. The molecule has 0 aromatic carbocycles. The van der Waals surface area contributed by atoms with Gasteiger partial charge in [-0.2, -0.15) is 0 Å². The fraction of sp³-hybridized carbons (Fsp3) is 0.750. The third-order valence-corrected chi connectivity index (χ3v) is 3.55. The Bertz CT molecular complexity index is 337. The highest BCUT2D eigenvalue weighted by Gasteiger charge is 2.22. The summed E-state index contributed by atoms with van der Waals surface area (Å²) in [5.41, 5.74) is 7.05. The summed E-state index contributed by atoms with van der Waals surface area (Å²) >= 11 is 1.77. The van der Waals surface area contributed by atoms with Gasteiger partial charge in [-0.3, -0.25) is 0 Å². The van der Waals surface area contributed by atoms with Crippen LogP contribution in [0.25, 0.3) is 0 Å². The van der Waals surface area contributed by atoms with Gasteiger partial charge < -0.3 is 10.6 Å². The lowest BCUT2D eigenvalue weighted by Crippen LogP contribution is -2.16. The lowest BCUT2D eigenvalue weighted by Gasteiger charge is -2.16. The van der Waals surface area contributed by atoms with Crippen molar-refractivity contribution in [3.05, 3.63) is 15.6 Å². The Morgan fingerprint density at radius 3 is 2.31 bits per heavy atom. The molecule has 2 N–H and O–H groups in total. The standard InChI is InChI=1S/C12H23N3S/c1-12(2,3)11-9(8-13)16-10(14-11)6-7-15(4)5/h6-8,13H2,1-5H3. The first-order valence-electron chi connectivity index (χ1n) is 5.68. The number of aromatic nitrogens is 1. The molecule has 4 heteroatoms. The maximum Gasteiger partial charge on any atom is 0.0944 e. The molecule has 0 spiro atoms. The van der Waals surface area contributed by atoms with Gasteiger partial charge >= 0.3 is 0 Å². The molecule has 1 aromatic rings. The van der Waals surface area contributed by atoms with E-state index >= 15 is 0 Å². The van der Waals surface area contributed by atoms with Gasteiger partial charge in [-0.1, -0.05) is 20.8 Å². The molecular formula is C12H23N3S. The molecule has 0 saturated heterocycles. The molecule has 0 saturated carbocycles. The molecule has 92 valence electrons. The molecule has 0 aliphatic carbocycles. The van der Waals surface area contributed by atoms with Crippen molar-refractivity contribution in [2.24, 2.45) is 5.73 Å². The highest BCUT2D eigenvalue weighted by molar-refractivity contribution is 7.11. The molecule has 0 bridgehead atoms. The van der Waals surface area contributed by atoms with Crippen LogP contribution in [-0.4, -0.2) is 30.5 Å². The number of nitrogens with two attached hydrogens (primary N) is 1. The quantitative estimate of drug-likeness (QED) is 0.877. The van der Waals surface area contributed by atoms with Crippen molar-refractivity contribution >= 4 is 11.3 Å². The summed E-state index contributed by atoms with van der Waals surface area (Å²) in [6.07, 6.45) is 1.01. The zero-order chi connectivity index (χ0) is 12.3. The van der Waals surface area contributed by atoms with Crippen LogP contribution in [-0.2, 0) is 18.4 Å². The zero-order valence-corrected chi connectivity index (χ0v) is 11.8. The van der Waals surface area contributed by atoms with Gasteiger partial charge in [-0.15, -0.1) is 11.3 Å². The largest absolute Gasteiger partial charge is 0.326 e. The number of likely N-dealkylation sites (N-methyl/N-ethyl adjacent to an activating group) is 1. The first-order chi connectivity index (χ1) is 7.34. The Balaban J connectivity index is 2.86. The summed E-state index contributed by atoms with van der Waals surface area (Å²) in [5, 5.41) is 1.21.